The molecule has 6 heteroatoms. The second-order valence-electron chi connectivity index (χ2n) is 7.90. The Kier molecular flexibility index (Phi) is 6.14. The van der Waals surface area contributed by atoms with E-state index in [4.69, 9.17) is 4.74 Å². The van der Waals surface area contributed by atoms with Crippen LogP contribution in [0, 0.1) is 5.92 Å². The summed E-state index contributed by atoms with van der Waals surface area (Å²) in [5, 5.41) is 0. The van der Waals surface area contributed by atoms with Gasteiger partial charge in [0.2, 0.25) is 5.91 Å². The number of hydrogen-bond acceptors (Lipinski definition) is 5. The van der Waals surface area contributed by atoms with Gasteiger partial charge in [-0.25, -0.2) is 4.98 Å². The first-order valence-corrected chi connectivity index (χ1v) is 9.80. The zero-order valence-corrected chi connectivity index (χ0v) is 16.5. The van der Waals surface area contributed by atoms with E-state index in [1.165, 1.54) is 0 Å². The Balaban J connectivity index is 1.63. The predicted octanol–water partition coefficient (Wildman–Crippen LogP) is 1.86. The molecule has 0 radical (unpaired) electrons. The number of piperazine rings is 1. The maximum absolute atomic E-state index is 13.3. The molecular weight excluding hydrogens is 328 g/mol. The molecule has 0 saturated carbocycles. The highest BCUT2D eigenvalue weighted by atomic mass is 16.5. The Morgan fingerprint density at radius 3 is 2.31 bits per heavy atom. The zero-order valence-electron chi connectivity index (χ0n) is 16.5. The molecule has 3 atom stereocenters. The standard InChI is InChI=1S/C20H32N4O2/c1-15(2)19(24-13-16(3)26-17(4)14-24)20(25)23-11-9-22(10-12-23)18-7-5-6-8-21-18/h5-8,15-17,19H,9-14H2,1-4H3. The van der Waals surface area contributed by atoms with Gasteiger partial charge in [-0.2, -0.15) is 0 Å². The minimum Gasteiger partial charge on any atom is -0.373 e. The molecule has 0 spiro atoms. The molecule has 3 rings (SSSR count). The number of pyridine rings is 1. The third kappa shape index (κ3) is 4.35. The molecule has 2 aliphatic rings. The van der Waals surface area contributed by atoms with Gasteiger partial charge in [0, 0.05) is 45.5 Å². The fraction of sp³-hybridized carbons (Fsp3) is 0.700. The molecule has 1 aromatic heterocycles. The fourth-order valence-corrected chi connectivity index (χ4v) is 4.19. The van der Waals surface area contributed by atoms with Crippen LogP contribution in [0.5, 0.6) is 0 Å². The molecule has 0 bridgehead atoms. The van der Waals surface area contributed by atoms with E-state index >= 15 is 0 Å². The van der Waals surface area contributed by atoms with Crippen molar-refractivity contribution in [1.82, 2.24) is 14.8 Å². The van der Waals surface area contributed by atoms with Crippen LogP contribution in [0.1, 0.15) is 27.7 Å². The second-order valence-corrected chi connectivity index (χ2v) is 7.90. The summed E-state index contributed by atoms with van der Waals surface area (Å²) in [7, 11) is 0. The summed E-state index contributed by atoms with van der Waals surface area (Å²) in [5.41, 5.74) is 0. The summed E-state index contributed by atoms with van der Waals surface area (Å²) in [6.45, 7) is 13.3. The number of hydrogen-bond donors (Lipinski definition) is 0. The van der Waals surface area contributed by atoms with Gasteiger partial charge >= 0.3 is 0 Å². The molecule has 3 heterocycles. The highest BCUT2D eigenvalue weighted by Gasteiger charge is 2.37. The van der Waals surface area contributed by atoms with Crippen LogP contribution in [0.2, 0.25) is 0 Å². The van der Waals surface area contributed by atoms with Gasteiger partial charge in [0.25, 0.3) is 0 Å². The molecule has 0 N–H and O–H groups in total. The highest BCUT2D eigenvalue weighted by molar-refractivity contribution is 5.82. The van der Waals surface area contributed by atoms with E-state index in [0.717, 1.165) is 45.1 Å². The van der Waals surface area contributed by atoms with Crippen LogP contribution in [-0.2, 0) is 9.53 Å². The topological polar surface area (TPSA) is 48.9 Å². The number of ether oxygens (including phenoxy) is 1. The van der Waals surface area contributed by atoms with Crippen molar-refractivity contribution in [2.45, 2.75) is 45.9 Å². The lowest BCUT2D eigenvalue weighted by molar-refractivity contribution is -0.145. The molecular formula is C20H32N4O2. The summed E-state index contributed by atoms with van der Waals surface area (Å²) in [6, 6.07) is 5.91. The van der Waals surface area contributed by atoms with E-state index in [-0.39, 0.29) is 30.1 Å². The lowest BCUT2D eigenvalue weighted by Crippen LogP contribution is -2.60. The summed E-state index contributed by atoms with van der Waals surface area (Å²) in [6.07, 6.45) is 2.17. The molecule has 2 saturated heterocycles. The van der Waals surface area contributed by atoms with E-state index in [0.29, 0.717) is 0 Å². The Morgan fingerprint density at radius 2 is 1.77 bits per heavy atom. The van der Waals surface area contributed by atoms with Crippen LogP contribution in [0.25, 0.3) is 0 Å². The van der Waals surface area contributed by atoms with Crippen molar-refractivity contribution in [3.05, 3.63) is 24.4 Å². The van der Waals surface area contributed by atoms with E-state index in [9.17, 15) is 4.79 Å². The quantitative estimate of drug-likeness (QED) is 0.820. The van der Waals surface area contributed by atoms with E-state index in [2.05, 4.69) is 42.5 Å². The largest absolute Gasteiger partial charge is 0.373 e. The third-order valence-electron chi connectivity index (χ3n) is 5.29. The Hall–Kier alpha value is -1.66. The monoisotopic (exact) mass is 360 g/mol. The molecule has 0 aromatic carbocycles. The first-order valence-electron chi connectivity index (χ1n) is 9.80. The Morgan fingerprint density at radius 1 is 1.12 bits per heavy atom. The van der Waals surface area contributed by atoms with Gasteiger partial charge in [0.1, 0.15) is 5.82 Å². The highest BCUT2D eigenvalue weighted by Crippen LogP contribution is 2.21. The van der Waals surface area contributed by atoms with Gasteiger partial charge in [-0.3, -0.25) is 9.69 Å². The van der Waals surface area contributed by atoms with Crippen molar-refractivity contribution in [3.63, 3.8) is 0 Å². The molecule has 1 amide bonds. The van der Waals surface area contributed by atoms with E-state index in [1.807, 2.05) is 29.3 Å². The molecule has 144 valence electrons. The molecule has 1 aromatic rings. The number of rotatable bonds is 4. The molecule has 26 heavy (non-hydrogen) atoms. The second kappa shape index (κ2) is 8.35. The van der Waals surface area contributed by atoms with E-state index < -0.39 is 0 Å². The number of amides is 1. The first kappa shape index (κ1) is 19.1. The number of aromatic nitrogens is 1. The zero-order chi connectivity index (χ0) is 18.7. The minimum absolute atomic E-state index is 0.0646. The van der Waals surface area contributed by atoms with Crippen molar-refractivity contribution in [1.29, 1.82) is 0 Å². The normalized spacial score (nSPS) is 26.2. The van der Waals surface area contributed by atoms with E-state index in [1.54, 1.807) is 0 Å². The third-order valence-corrected chi connectivity index (χ3v) is 5.29. The maximum Gasteiger partial charge on any atom is 0.240 e. The Bertz CT molecular complexity index is 577. The lowest BCUT2D eigenvalue weighted by atomic mass is 9.98. The average Bonchev–Trinajstić information content (AvgIpc) is 2.61. The summed E-state index contributed by atoms with van der Waals surface area (Å²) < 4.78 is 5.85. The van der Waals surface area contributed by atoms with Gasteiger partial charge in [-0.15, -0.1) is 0 Å². The van der Waals surface area contributed by atoms with Gasteiger partial charge in [0.05, 0.1) is 18.2 Å². The number of morpholine rings is 1. The number of nitrogens with zero attached hydrogens (tertiary/aromatic N) is 4. The SMILES string of the molecule is CC1CN(C(C(=O)N2CCN(c3ccccn3)CC2)C(C)C)CC(C)O1. The molecule has 0 aliphatic carbocycles. The molecule has 3 unspecified atom stereocenters. The van der Waals surface area contributed by atoms with Crippen LogP contribution < -0.4 is 4.90 Å². The van der Waals surface area contributed by atoms with Crippen LogP contribution in [-0.4, -0.2) is 78.2 Å². The van der Waals surface area contributed by atoms with Gasteiger partial charge < -0.3 is 14.5 Å². The molecule has 6 nitrogen and oxygen atoms in total. The van der Waals surface area contributed by atoms with Crippen LogP contribution in [0.15, 0.2) is 24.4 Å². The van der Waals surface area contributed by atoms with Crippen molar-refractivity contribution in [2.24, 2.45) is 5.92 Å². The van der Waals surface area contributed by atoms with Gasteiger partial charge in [0.15, 0.2) is 0 Å². The van der Waals surface area contributed by atoms with Gasteiger partial charge in [-0.05, 0) is 31.9 Å². The summed E-state index contributed by atoms with van der Waals surface area (Å²) in [4.78, 5) is 24.4. The lowest BCUT2D eigenvalue weighted by Gasteiger charge is -2.44. The van der Waals surface area contributed by atoms with Crippen molar-refractivity contribution in [2.75, 3.05) is 44.2 Å². The number of carbonyl (C=O) groups is 1. The molecule has 2 fully saturated rings. The van der Waals surface area contributed by atoms with Crippen molar-refractivity contribution < 1.29 is 9.53 Å². The fourth-order valence-electron chi connectivity index (χ4n) is 4.19. The van der Waals surface area contributed by atoms with Crippen LogP contribution in [0.3, 0.4) is 0 Å². The number of carbonyl (C=O) groups excluding carboxylic acids is 1. The van der Waals surface area contributed by atoms with Crippen molar-refractivity contribution >= 4 is 11.7 Å². The van der Waals surface area contributed by atoms with Crippen LogP contribution >= 0.6 is 0 Å². The Labute approximate surface area is 157 Å². The first-order chi connectivity index (χ1) is 12.5. The van der Waals surface area contributed by atoms with Gasteiger partial charge in [-0.1, -0.05) is 19.9 Å². The maximum atomic E-state index is 13.3. The summed E-state index contributed by atoms with van der Waals surface area (Å²) in [5.74, 6) is 1.55. The smallest absolute Gasteiger partial charge is 0.240 e. The van der Waals surface area contributed by atoms with Crippen molar-refractivity contribution in [3.8, 4) is 0 Å². The average molecular weight is 361 g/mol. The summed E-state index contributed by atoms with van der Waals surface area (Å²) >= 11 is 0. The minimum atomic E-state index is -0.0646. The predicted molar refractivity (Wildman–Crippen MR) is 103 cm³/mol. The van der Waals surface area contributed by atoms with Crippen LogP contribution in [0.4, 0.5) is 5.82 Å². The molecule has 2 aliphatic heterocycles. The number of anilines is 1.